The van der Waals surface area contributed by atoms with Gasteiger partial charge in [-0.15, -0.1) is 0 Å². The maximum atomic E-state index is 14.3. The third-order valence-corrected chi connectivity index (χ3v) is 4.67. The summed E-state index contributed by atoms with van der Waals surface area (Å²) >= 11 is 6.90. The maximum Gasteiger partial charge on any atom is 0.132 e. The Morgan fingerprint density at radius 1 is 1.26 bits per heavy atom. The molecule has 0 radical (unpaired) electrons. The molecule has 0 N–H and O–H groups in total. The van der Waals surface area contributed by atoms with E-state index < -0.39 is 5.92 Å². The van der Waals surface area contributed by atoms with Crippen LogP contribution in [0, 0.1) is 5.82 Å². The van der Waals surface area contributed by atoms with Crippen molar-refractivity contribution in [2.75, 3.05) is 0 Å². The second-order valence-corrected chi connectivity index (χ2v) is 7.56. The van der Waals surface area contributed by atoms with Crippen molar-refractivity contribution in [2.24, 2.45) is 0 Å². The minimum absolute atomic E-state index is 0.156. The molecule has 5 heteroatoms. The summed E-state index contributed by atoms with van der Waals surface area (Å²) in [6, 6.07) is 11.9. The SMILES string of the molecule is CC(Br)C1=C(c2ccccc2F)C(C=O)c2cc(Br)ccc2O1. The van der Waals surface area contributed by atoms with E-state index in [1.54, 1.807) is 18.2 Å². The first-order chi connectivity index (χ1) is 11.0. The van der Waals surface area contributed by atoms with Crippen molar-refractivity contribution in [3.63, 3.8) is 0 Å². The lowest BCUT2D eigenvalue weighted by molar-refractivity contribution is -0.108. The highest BCUT2D eigenvalue weighted by molar-refractivity contribution is 9.10. The lowest BCUT2D eigenvalue weighted by Gasteiger charge is -2.29. The van der Waals surface area contributed by atoms with Crippen LogP contribution in [0.3, 0.4) is 0 Å². The summed E-state index contributed by atoms with van der Waals surface area (Å²) < 4.78 is 21.2. The van der Waals surface area contributed by atoms with E-state index >= 15 is 0 Å². The summed E-state index contributed by atoms with van der Waals surface area (Å²) in [6.45, 7) is 1.89. The molecular formula is C18H13Br2FO2. The fourth-order valence-electron chi connectivity index (χ4n) is 2.75. The van der Waals surface area contributed by atoms with Gasteiger partial charge in [-0.25, -0.2) is 4.39 Å². The van der Waals surface area contributed by atoms with Crippen molar-refractivity contribution >= 4 is 43.7 Å². The minimum Gasteiger partial charge on any atom is -0.460 e. The number of allylic oxidation sites excluding steroid dienone is 2. The van der Waals surface area contributed by atoms with Gasteiger partial charge < -0.3 is 9.53 Å². The second kappa shape index (κ2) is 6.57. The third kappa shape index (κ3) is 3.00. The van der Waals surface area contributed by atoms with Gasteiger partial charge >= 0.3 is 0 Å². The summed E-state index contributed by atoms with van der Waals surface area (Å²) in [6.07, 6.45) is 0.838. The molecule has 0 spiro atoms. The van der Waals surface area contributed by atoms with Crippen LogP contribution in [0.2, 0.25) is 0 Å². The molecule has 23 heavy (non-hydrogen) atoms. The Labute approximate surface area is 150 Å². The highest BCUT2D eigenvalue weighted by Gasteiger charge is 2.33. The molecule has 0 aliphatic carbocycles. The number of carbonyl (C=O) groups excluding carboxylic acids is 1. The number of aldehydes is 1. The normalized spacial score (nSPS) is 18.2. The van der Waals surface area contributed by atoms with E-state index in [0.717, 1.165) is 16.3 Å². The van der Waals surface area contributed by atoms with E-state index in [1.807, 2.05) is 25.1 Å². The van der Waals surface area contributed by atoms with Crippen LogP contribution in [0.1, 0.15) is 24.0 Å². The molecule has 0 saturated carbocycles. The van der Waals surface area contributed by atoms with Gasteiger partial charge in [-0.2, -0.15) is 0 Å². The molecule has 0 aromatic heterocycles. The number of alkyl halides is 1. The molecular weight excluding hydrogens is 427 g/mol. The van der Waals surface area contributed by atoms with Crippen LogP contribution >= 0.6 is 31.9 Å². The van der Waals surface area contributed by atoms with E-state index in [1.165, 1.54) is 6.07 Å². The molecule has 3 rings (SSSR count). The molecule has 2 aromatic carbocycles. The van der Waals surface area contributed by atoms with Gasteiger partial charge in [-0.05, 0) is 31.2 Å². The van der Waals surface area contributed by atoms with Crippen molar-refractivity contribution < 1.29 is 13.9 Å². The number of benzene rings is 2. The molecule has 0 saturated heterocycles. The van der Waals surface area contributed by atoms with Gasteiger partial charge in [0.1, 0.15) is 23.6 Å². The molecule has 2 nitrogen and oxygen atoms in total. The number of halogens is 3. The van der Waals surface area contributed by atoms with Gasteiger partial charge in [0.15, 0.2) is 0 Å². The van der Waals surface area contributed by atoms with Crippen molar-refractivity contribution in [2.45, 2.75) is 17.7 Å². The molecule has 1 heterocycles. The summed E-state index contributed by atoms with van der Waals surface area (Å²) in [5.41, 5.74) is 1.68. The lowest BCUT2D eigenvalue weighted by atomic mass is 9.84. The Bertz CT molecular complexity index is 799. The van der Waals surface area contributed by atoms with Gasteiger partial charge in [0.25, 0.3) is 0 Å². The van der Waals surface area contributed by atoms with E-state index in [2.05, 4.69) is 31.9 Å². The molecule has 2 aromatic rings. The average molecular weight is 440 g/mol. The van der Waals surface area contributed by atoms with Crippen LogP contribution in [0.4, 0.5) is 4.39 Å². The fourth-order valence-corrected chi connectivity index (χ4v) is 3.47. The molecule has 2 unspecified atom stereocenters. The average Bonchev–Trinajstić information content (AvgIpc) is 2.53. The Balaban J connectivity index is 2.27. The topological polar surface area (TPSA) is 26.3 Å². The molecule has 0 amide bonds. The van der Waals surface area contributed by atoms with Crippen molar-refractivity contribution in [3.05, 3.63) is 69.6 Å². The summed E-state index contributed by atoms with van der Waals surface area (Å²) in [5.74, 6) is 0.221. The predicted octanol–water partition coefficient (Wildman–Crippen LogP) is 5.46. The largest absolute Gasteiger partial charge is 0.460 e. The van der Waals surface area contributed by atoms with Gasteiger partial charge in [0.2, 0.25) is 0 Å². The van der Waals surface area contributed by atoms with Crippen LogP contribution in [-0.2, 0) is 4.79 Å². The Hall–Kier alpha value is -1.46. The standard InChI is InChI=1S/C18H13Br2FO2/c1-10(19)18-17(12-4-2-3-5-15(12)21)14(9-22)13-8-11(20)6-7-16(13)23-18/h2-10,14H,1H3. The Morgan fingerprint density at radius 2 is 2.00 bits per heavy atom. The van der Waals surface area contributed by atoms with Crippen LogP contribution in [0.15, 0.2) is 52.7 Å². The molecule has 0 fully saturated rings. The zero-order valence-corrected chi connectivity index (χ0v) is 15.4. The van der Waals surface area contributed by atoms with Crippen LogP contribution in [-0.4, -0.2) is 11.1 Å². The zero-order chi connectivity index (χ0) is 16.6. The number of rotatable bonds is 3. The van der Waals surface area contributed by atoms with Crippen molar-refractivity contribution in [1.82, 2.24) is 0 Å². The summed E-state index contributed by atoms with van der Waals surface area (Å²) in [5, 5.41) is 0. The van der Waals surface area contributed by atoms with Gasteiger partial charge in [0.05, 0.1) is 10.7 Å². The van der Waals surface area contributed by atoms with Gasteiger partial charge in [0, 0.05) is 21.2 Å². The maximum absolute atomic E-state index is 14.3. The van der Waals surface area contributed by atoms with Crippen LogP contribution in [0.5, 0.6) is 5.75 Å². The zero-order valence-electron chi connectivity index (χ0n) is 12.2. The van der Waals surface area contributed by atoms with Gasteiger partial charge in [-0.1, -0.05) is 50.1 Å². The second-order valence-electron chi connectivity index (χ2n) is 5.27. The Morgan fingerprint density at radius 3 is 2.65 bits per heavy atom. The number of carbonyl (C=O) groups is 1. The first-order valence-electron chi connectivity index (χ1n) is 7.08. The smallest absolute Gasteiger partial charge is 0.132 e. The quantitative estimate of drug-likeness (QED) is 0.469. The highest BCUT2D eigenvalue weighted by atomic mass is 79.9. The van der Waals surface area contributed by atoms with Crippen LogP contribution < -0.4 is 4.74 Å². The van der Waals surface area contributed by atoms with E-state index in [0.29, 0.717) is 22.6 Å². The monoisotopic (exact) mass is 438 g/mol. The number of ether oxygens (including phenoxy) is 1. The number of hydrogen-bond donors (Lipinski definition) is 0. The van der Waals surface area contributed by atoms with Crippen molar-refractivity contribution in [3.8, 4) is 5.75 Å². The molecule has 2 atom stereocenters. The van der Waals surface area contributed by atoms with E-state index in [9.17, 15) is 9.18 Å². The van der Waals surface area contributed by atoms with E-state index in [-0.39, 0.29) is 10.6 Å². The predicted molar refractivity (Wildman–Crippen MR) is 95.3 cm³/mol. The molecule has 1 aliphatic heterocycles. The first-order valence-corrected chi connectivity index (χ1v) is 8.79. The number of hydrogen-bond acceptors (Lipinski definition) is 2. The molecule has 0 bridgehead atoms. The summed E-state index contributed by atoms with van der Waals surface area (Å²) in [7, 11) is 0. The first kappa shape index (κ1) is 16.4. The van der Waals surface area contributed by atoms with Crippen molar-refractivity contribution in [1.29, 1.82) is 0 Å². The van der Waals surface area contributed by atoms with E-state index in [4.69, 9.17) is 4.74 Å². The Kier molecular flexibility index (Phi) is 4.69. The lowest BCUT2D eigenvalue weighted by Crippen LogP contribution is -2.20. The molecule has 118 valence electrons. The minimum atomic E-state index is -0.580. The van der Waals surface area contributed by atoms with Gasteiger partial charge in [-0.3, -0.25) is 0 Å². The molecule has 1 aliphatic rings. The summed E-state index contributed by atoms with van der Waals surface area (Å²) in [4.78, 5) is 11.7. The van der Waals surface area contributed by atoms with Crippen LogP contribution in [0.25, 0.3) is 5.57 Å². The fraction of sp³-hybridized carbons (Fsp3) is 0.167. The number of fused-ring (bicyclic) bond motifs is 1. The third-order valence-electron chi connectivity index (χ3n) is 3.76. The highest BCUT2D eigenvalue weighted by Crippen LogP contribution is 2.45.